The molecule has 2 aromatic rings. The summed E-state index contributed by atoms with van der Waals surface area (Å²) in [5, 5.41) is 9.65. The first kappa shape index (κ1) is 23.8. The standard InChI is InChI=1S/C22H19Br4NO3/c1-21(2)17(19(23)22(24,25)26)18(21)20(28)30-16(12-27)13-7-6-10-15(11-13)29-14-8-4-3-5-9-14/h3-11,16-19H,1-2H3/t16?,17-,18-,19-/m0/s1. The smallest absolute Gasteiger partial charge is 0.311 e. The highest BCUT2D eigenvalue weighted by Gasteiger charge is 2.67. The molecule has 0 saturated heterocycles. The van der Waals surface area contributed by atoms with Crippen molar-refractivity contribution in [2.45, 2.75) is 26.9 Å². The normalized spacial score (nSPS) is 21.8. The van der Waals surface area contributed by atoms with Crippen LogP contribution in [0.5, 0.6) is 11.5 Å². The molecule has 1 aliphatic carbocycles. The van der Waals surface area contributed by atoms with E-state index in [0.717, 1.165) is 0 Å². The second-order valence-electron chi connectivity index (χ2n) is 7.70. The van der Waals surface area contributed by atoms with Gasteiger partial charge in [-0.25, -0.2) is 0 Å². The molecule has 4 atom stereocenters. The average Bonchev–Trinajstić information content (AvgIpc) is 3.27. The van der Waals surface area contributed by atoms with E-state index in [9.17, 15) is 10.1 Å². The number of carbonyl (C=O) groups excluding carboxylic acids is 1. The zero-order chi connectivity index (χ0) is 22.1. The second kappa shape index (κ2) is 9.32. The quantitative estimate of drug-likeness (QED) is 0.238. The largest absolute Gasteiger partial charge is 0.457 e. The maximum atomic E-state index is 12.9. The van der Waals surface area contributed by atoms with Gasteiger partial charge in [0.15, 0.2) is 0 Å². The molecule has 0 N–H and O–H groups in total. The van der Waals surface area contributed by atoms with Gasteiger partial charge in [0.2, 0.25) is 6.10 Å². The third kappa shape index (κ3) is 5.29. The minimum atomic E-state index is -1.01. The van der Waals surface area contributed by atoms with Crippen molar-refractivity contribution in [1.29, 1.82) is 5.26 Å². The maximum Gasteiger partial charge on any atom is 0.311 e. The first-order valence-corrected chi connectivity index (χ1v) is 12.5. The topological polar surface area (TPSA) is 59.3 Å². The van der Waals surface area contributed by atoms with Crippen LogP contribution in [-0.2, 0) is 9.53 Å². The molecule has 3 rings (SSSR count). The Morgan fingerprint density at radius 1 is 1.10 bits per heavy atom. The lowest BCUT2D eigenvalue weighted by molar-refractivity contribution is -0.149. The number of nitrogens with zero attached hydrogens (tertiary/aromatic N) is 1. The molecule has 0 bridgehead atoms. The molecule has 0 radical (unpaired) electrons. The number of para-hydroxylation sites is 1. The highest BCUT2D eigenvalue weighted by molar-refractivity contribution is 9.40. The highest BCUT2D eigenvalue weighted by atomic mass is 80.0. The molecule has 1 saturated carbocycles. The van der Waals surface area contributed by atoms with Crippen molar-refractivity contribution in [2.75, 3.05) is 0 Å². The van der Waals surface area contributed by atoms with Crippen molar-refractivity contribution in [3.05, 3.63) is 60.2 Å². The fourth-order valence-corrected chi connectivity index (χ4v) is 5.44. The number of carbonyl (C=O) groups is 1. The summed E-state index contributed by atoms with van der Waals surface area (Å²) in [7, 11) is 0. The van der Waals surface area contributed by atoms with Gasteiger partial charge in [-0.1, -0.05) is 108 Å². The average molecular weight is 665 g/mol. The summed E-state index contributed by atoms with van der Waals surface area (Å²) in [5.41, 5.74) is 0.310. The van der Waals surface area contributed by atoms with Gasteiger partial charge in [0.1, 0.15) is 19.7 Å². The second-order valence-corrected chi connectivity index (χ2v) is 15.6. The van der Waals surface area contributed by atoms with Crippen LogP contribution < -0.4 is 4.74 Å². The fourth-order valence-electron chi connectivity index (χ4n) is 3.60. The summed E-state index contributed by atoms with van der Waals surface area (Å²) < 4.78 is 10.9. The van der Waals surface area contributed by atoms with Crippen LogP contribution in [0.25, 0.3) is 0 Å². The number of rotatable bonds is 6. The summed E-state index contributed by atoms with van der Waals surface area (Å²) in [6.07, 6.45) is -1.01. The lowest BCUT2D eigenvalue weighted by Crippen LogP contribution is -2.23. The van der Waals surface area contributed by atoms with E-state index in [1.807, 2.05) is 44.2 Å². The van der Waals surface area contributed by atoms with Gasteiger partial charge in [-0.05, 0) is 35.6 Å². The molecule has 0 spiro atoms. The van der Waals surface area contributed by atoms with E-state index in [1.54, 1.807) is 24.3 Å². The van der Waals surface area contributed by atoms with E-state index in [1.165, 1.54) is 0 Å². The summed E-state index contributed by atoms with van der Waals surface area (Å²) in [6.45, 7) is 4.04. The minimum absolute atomic E-state index is 0.0233. The number of hydrogen-bond acceptors (Lipinski definition) is 4. The Kier molecular flexibility index (Phi) is 7.38. The van der Waals surface area contributed by atoms with E-state index >= 15 is 0 Å². The number of alkyl halides is 4. The van der Waals surface area contributed by atoms with Crippen LogP contribution in [-0.4, -0.2) is 12.9 Å². The van der Waals surface area contributed by atoms with Crippen molar-refractivity contribution in [2.24, 2.45) is 17.3 Å². The van der Waals surface area contributed by atoms with Gasteiger partial charge in [-0.3, -0.25) is 4.79 Å². The Morgan fingerprint density at radius 2 is 1.73 bits per heavy atom. The Labute approximate surface area is 209 Å². The molecule has 0 amide bonds. The molecule has 0 heterocycles. The maximum absolute atomic E-state index is 12.9. The molecule has 1 unspecified atom stereocenters. The number of benzene rings is 2. The monoisotopic (exact) mass is 661 g/mol. The number of ether oxygens (including phenoxy) is 2. The molecule has 2 aromatic carbocycles. The number of nitriles is 1. The highest BCUT2D eigenvalue weighted by Crippen LogP contribution is 2.66. The van der Waals surface area contributed by atoms with Crippen molar-refractivity contribution in [1.82, 2.24) is 0 Å². The molecular weight excluding hydrogens is 646 g/mol. The number of hydrogen-bond donors (Lipinski definition) is 0. The third-order valence-corrected chi connectivity index (χ3v) is 9.86. The van der Waals surface area contributed by atoms with Crippen molar-refractivity contribution < 1.29 is 14.3 Å². The van der Waals surface area contributed by atoms with Gasteiger partial charge in [-0.2, -0.15) is 5.26 Å². The minimum Gasteiger partial charge on any atom is -0.457 e. The zero-order valence-corrected chi connectivity index (χ0v) is 22.5. The SMILES string of the molecule is CC1(C)[C@H]([C@H](Br)C(Br)(Br)Br)[C@H]1C(=O)OC(C#N)c1cccc(Oc2ccccc2)c1. The Bertz CT molecular complexity index is 953. The van der Waals surface area contributed by atoms with Crippen LogP contribution in [0.2, 0.25) is 0 Å². The van der Waals surface area contributed by atoms with E-state index in [-0.39, 0.29) is 28.0 Å². The molecule has 158 valence electrons. The summed E-state index contributed by atoms with van der Waals surface area (Å²) in [5.74, 6) is 0.576. The Hall–Kier alpha value is -0.880. The van der Waals surface area contributed by atoms with Gasteiger partial charge in [0, 0.05) is 5.56 Å². The molecule has 4 nitrogen and oxygen atoms in total. The van der Waals surface area contributed by atoms with Gasteiger partial charge < -0.3 is 9.47 Å². The number of halogens is 4. The van der Waals surface area contributed by atoms with E-state index in [4.69, 9.17) is 9.47 Å². The van der Waals surface area contributed by atoms with Gasteiger partial charge >= 0.3 is 5.97 Å². The third-order valence-electron chi connectivity index (χ3n) is 5.28. The molecule has 0 aliphatic heterocycles. The van der Waals surface area contributed by atoms with Crippen LogP contribution >= 0.6 is 63.7 Å². The summed E-state index contributed by atoms with van der Waals surface area (Å²) in [6, 6.07) is 18.5. The van der Waals surface area contributed by atoms with Crippen LogP contribution in [0.4, 0.5) is 0 Å². The Morgan fingerprint density at radius 3 is 2.33 bits per heavy atom. The fraction of sp³-hybridized carbons (Fsp3) is 0.364. The predicted molar refractivity (Wildman–Crippen MR) is 130 cm³/mol. The van der Waals surface area contributed by atoms with E-state index in [0.29, 0.717) is 17.1 Å². The molecule has 1 fully saturated rings. The van der Waals surface area contributed by atoms with Crippen molar-refractivity contribution >= 4 is 69.7 Å². The van der Waals surface area contributed by atoms with Gasteiger partial charge in [0.25, 0.3) is 0 Å². The van der Waals surface area contributed by atoms with Crippen molar-refractivity contribution in [3.8, 4) is 17.6 Å². The summed E-state index contributed by atoms with van der Waals surface area (Å²) >= 11 is 14.2. The molecule has 1 aliphatic rings. The van der Waals surface area contributed by atoms with Crippen LogP contribution in [0, 0.1) is 28.6 Å². The van der Waals surface area contributed by atoms with E-state index < -0.39 is 8.25 Å². The van der Waals surface area contributed by atoms with Crippen LogP contribution in [0.15, 0.2) is 54.6 Å². The lowest BCUT2D eigenvalue weighted by Gasteiger charge is -2.21. The van der Waals surface area contributed by atoms with Crippen LogP contribution in [0.3, 0.4) is 0 Å². The predicted octanol–water partition coefficient (Wildman–Crippen LogP) is 7.46. The summed E-state index contributed by atoms with van der Waals surface area (Å²) in [4.78, 5) is 12.8. The van der Waals surface area contributed by atoms with Gasteiger partial charge in [0.05, 0.1) is 10.7 Å². The van der Waals surface area contributed by atoms with Crippen LogP contribution in [0.1, 0.15) is 25.5 Å². The van der Waals surface area contributed by atoms with Crippen molar-refractivity contribution in [3.63, 3.8) is 0 Å². The first-order valence-electron chi connectivity index (χ1n) is 9.19. The molecule has 30 heavy (non-hydrogen) atoms. The lowest BCUT2D eigenvalue weighted by atomic mass is 10.1. The molecular formula is C22H19Br4NO3. The zero-order valence-electron chi connectivity index (χ0n) is 16.2. The Balaban J connectivity index is 1.72. The molecule has 0 aromatic heterocycles. The molecule has 8 heteroatoms. The first-order chi connectivity index (χ1) is 14.1. The number of esters is 1. The van der Waals surface area contributed by atoms with E-state index in [2.05, 4.69) is 69.8 Å². The van der Waals surface area contributed by atoms with Gasteiger partial charge in [-0.15, -0.1) is 0 Å².